The van der Waals surface area contributed by atoms with Crippen LogP contribution in [0.4, 0.5) is 0 Å². The van der Waals surface area contributed by atoms with E-state index in [0.29, 0.717) is 0 Å². The van der Waals surface area contributed by atoms with Gasteiger partial charge in [0.15, 0.2) is 0 Å². The van der Waals surface area contributed by atoms with Gasteiger partial charge in [0.1, 0.15) is 0 Å². The molecule has 0 aliphatic heterocycles. The van der Waals surface area contributed by atoms with Crippen LogP contribution >= 0.6 is 0 Å². The molecule has 3 aromatic heterocycles. The van der Waals surface area contributed by atoms with Gasteiger partial charge in [-0.05, 0) is 137 Å². The maximum absolute atomic E-state index is 5.12. The molecule has 3 heteroatoms. The topological polar surface area (TPSA) is 22.8 Å². The van der Waals surface area contributed by atoms with Gasteiger partial charge < -0.3 is 9.13 Å². The van der Waals surface area contributed by atoms with Crippen LogP contribution in [0.1, 0.15) is 20.3 Å². The predicted octanol–water partition coefficient (Wildman–Crippen LogP) is 18.1. The Morgan fingerprint density at radius 2 is 0.812 bits per heavy atom. The fraction of sp³-hybridized carbons (Fsp3) is 0.0455. The van der Waals surface area contributed by atoms with Crippen molar-refractivity contribution in [1.82, 2.24) is 14.1 Å². The number of aromatic nitrogens is 3. The zero-order chi connectivity index (χ0) is 46.3. The summed E-state index contributed by atoms with van der Waals surface area (Å²) in [6.07, 6.45) is 7.62. The van der Waals surface area contributed by atoms with Gasteiger partial charge in [-0.1, -0.05) is 177 Å². The van der Waals surface area contributed by atoms with Crippen LogP contribution in [-0.2, 0) is 0 Å². The third-order valence-electron chi connectivity index (χ3n) is 13.5. The number of benzene rings is 9. The highest BCUT2D eigenvalue weighted by Gasteiger charge is 2.17. The highest BCUT2D eigenvalue weighted by Crippen LogP contribution is 2.40. The number of fused-ring (bicyclic) bond motifs is 6. The number of hydrogen-bond donors (Lipinski definition) is 0. The van der Waals surface area contributed by atoms with E-state index in [1.165, 1.54) is 82.7 Å². The van der Waals surface area contributed by atoms with Crippen LogP contribution in [-0.4, -0.2) is 14.1 Å². The molecular formula is C66H49N3. The molecule has 0 amide bonds. The zero-order valence-electron chi connectivity index (χ0n) is 38.7. The molecule has 9 aromatic carbocycles. The molecule has 0 saturated carbocycles. The van der Waals surface area contributed by atoms with Gasteiger partial charge in [0, 0.05) is 44.1 Å². The minimum Gasteiger partial charge on any atom is -0.310 e. The summed E-state index contributed by atoms with van der Waals surface area (Å²) in [6, 6.07) is 83.6. The van der Waals surface area contributed by atoms with Crippen molar-refractivity contribution in [3.8, 4) is 72.7 Å². The van der Waals surface area contributed by atoms with E-state index >= 15 is 0 Å². The van der Waals surface area contributed by atoms with Crippen molar-refractivity contribution in [1.29, 1.82) is 0 Å². The second-order valence-corrected chi connectivity index (χ2v) is 17.8. The molecule has 0 unspecified atom stereocenters. The second-order valence-electron chi connectivity index (χ2n) is 17.8. The molecule has 0 radical (unpaired) electrons. The lowest BCUT2D eigenvalue weighted by molar-refractivity contribution is 1.17. The number of para-hydroxylation sites is 2. The lowest BCUT2D eigenvalue weighted by Crippen LogP contribution is -1.94. The summed E-state index contributed by atoms with van der Waals surface area (Å²) >= 11 is 0. The van der Waals surface area contributed by atoms with Crippen molar-refractivity contribution in [3.05, 3.63) is 249 Å². The molecular weight excluding hydrogens is 835 g/mol. The van der Waals surface area contributed by atoms with Crippen molar-refractivity contribution in [2.75, 3.05) is 0 Å². The Kier molecular flexibility index (Phi) is 10.7. The summed E-state index contributed by atoms with van der Waals surface area (Å²) in [5, 5.41) is 5.01. The molecule has 0 atom stereocenters. The lowest BCUT2D eigenvalue weighted by Gasteiger charge is -2.12. The van der Waals surface area contributed by atoms with Gasteiger partial charge in [-0.15, -0.1) is 0 Å². The Labute approximate surface area is 403 Å². The molecule has 0 saturated heterocycles. The average molecular weight is 884 g/mol. The van der Waals surface area contributed by atoms with E-state index in [1.807, 2.05) is 12.1 Å². The van der Waals surface area contributed by atoms with Gasteiger partial charge >= 0.3 is 0 Å². The second kappa shape index (κ2) is 17.8. The van der Waals surface area contributed by atoms with Crippen molar-refractivity contribution >= 4 is 49.3 Å². The third kappa shape index (κ3) is 7.65. The van der Waals surface area contributed by atoms with E-state index in [1.54, 1.807) is 0 Å². The van der Waals surface area contributed by atoms with Gasteiger partial charge in [0.05, 0.1) is 33.5 Å². The van der Waals surface area contributed by atoms with Crippen LogP contribution in [0.25, 0.3) is 122 Å². The van der Waals surface area contributed by atoms with Gasteiger partial charge in [-0.25, -0.2) is 4.98 Å². The van der Waals surface area contributed by atoms with Gasteiger partial charge in [-0.3, -0.25) is 0 Å². The first-order valence-electron chi connectivity index (χ1n) is 24.0. The molecule has 12 rings (SSSR count). The summed E-state index contributed by atoms with van der Waals surface area (Å²) in [7, 11) is 0. The zero-order valence-corrected chi connectivity index (χ0v) is 38.7. The molecule has 0 fully saturated rings. The highest BCUT2D eigenvalue weighted by molar-refractivity contribution is 6.13. The summed E-state index contributed by atoms with van der Waals surface area (Å²) in [6.45, 7) is 4.29. The third-order valence-corrected chi connectivity index (χ3v) is 13.5. The molecule has 0 aliphatic carbocycles. The Bertz CT molecular complexity index is 3870. The minimum absolute atomic E-state index is 0.960. The Balaban J connectivity index is 0.873. The first-order valence-corrected chi connectivity index (χ1v) is 24.0. The fourth-order valence-electron chi connectivity index (χ4n) is 10.2. The summed E-state index contributed by atoms with van der Waals surface area (Å²) in [4.78, 5) is 5.12. The smallest absolute Gasteiger partial charge is 0.0715 e. The van der Waals surface area contributed by atoms with E-state index in [9.17, 15) is 0 Å². The summed E-state index contributed by atoms with van der Waals surface area (Å²) < 4.78 is 4.81. The summed E-state index contributed by atoms with van der Waals surface area (Å²) in [5.74, 6) is 0. The van der Waals surface area contributed by atoms with E-state index in [0.717, 1.165) is 45.7 Å². The molecule has 0 spiro atoms. The molecule has 69 heavy (non-hydrogen) atoms. The number of pyridine rings is 1. The minimum atomic E-state index is 0.960. The maximum atomic E-state index is 5.12. The van der Waals surface area contributed by atoms with E-state index in [4.69, 9.17) is 4.98 Å². The van der Waals surface area contributed by atoms with Crippen LogP contribution < -0.4 is 0 Å². The maximum Gasteiger partial charge on any atom is 0.0715 e. The van der Waals surface area contributed by atoms with E-state index in [2.05, 4.69) is 260 Å². The number of hydrogen-bond acceptors (Lipinski definition) is 1. The molecule has 0 N–H and O–H groups in total. The SMILES string of the molecule is C/C=C\C(=C/CC)n1c2ccccc2c2cc(-c3ccc4c(c3)c3ccccc3n4-c3ccc(-c4cccc(-c5cccc(-c6cc(-c7ccccc7)nc(-c7ccccc7)c6)c5)c4)cc3)ccc21. The molecule has 0 aliphatic rings. The normalized spacial score (nSPS) is 12.0. The molecule has 328 valence electrons. The Morgan fingerprint density at radius 3 is 1.41 bits per heavy atom. The largest absolute Gasteiger partial charge is 0.310 e. The van der Waals surface area contributed by atoms with E-state index in [-0.39, 0.29) is 0 Å². The number of rotatable bonds is 10. The molecule has 0 bridgehead atoms. The van der Waals surface area contributed by atoms with Crippen molar-refractivity contribution in [2.24, 2.45) is 0 Å². The standard InChI is InChI=1S/C66H49N3/c1-3-17-55(18-4-2)68-63-29-13-11-27-57(63)59-41-52(33-37-65(59)68)53-34-38-66-60(42-53)58-28-12-14-30-64(58)69(66)56-35-31-45(32-36-56)48-23-15-24-49(39-48)50-25-16-26-51(40-50)54-43-61(46-19-7-5-8-20-46)67-62(44-54)47-21-9-6-10-22-47/h3,5-44H,4H2,1-2H3/b17-3-,55-18+. The lowest BCUT2D eigenvalue weighted by atomic mass is 9.95. The van der Waals surface area contributed by atoms with Crippen molar-refractivity contribution in [2.45, 2.75) is 20.3 Å². The van der Waals surface area contributed by atoms with Crippen LogP contribution in [0.5, 0.6) is 0 Å². The first kappa shape index (κ1) is 41.6. The highest BCUT2D eigenvalue weighted by atomic mass is 15.0. The summed E-state index contributed by atoms with van der Waals surface area (Å²) in [5.41, 5.74) is 20.7. The Hall–Kier alpha value is -8.79. The Morgan fingerprint density at radius 1 is 0.377 bits per heavy atom. The van der Waals surface area contributed by atoms with Gasteiger partial charge in [-0.2, -0.15) is 0 Å². The van der Waals surface area contributed by atoms with Gasteiger partial charge in [0.25, 0.3) is 0 Å². The number of allylic oxidation sites excluding steroid dienone is 4. The van der Waals surface area contributed by atoms with Crippen LogP contribution in [0, 0.1) is 0 Å². The number of nitrogens with zero attached hydrogens (tertiary/aromatic N) is 3. The molecule has 3 heterocycles. The fourth-order valence-corrected chi connectivity index (χ4v) is 10.2. The van der Waals surface area contributed by atoms with E-state index < -0.39 is 0 Å². The van der Waals surface area contributed by atoms with Crippen LogP contribution in [0.15, 0.2) is 249 Å². The quantitative estimate of drug-likeness (QED) is 0.126. The van der Waals surface area contributed by atoms with Crippen molar-refractivity contribution < 1.29 is 0 Å². The van der Waals surface area contributed by atoms with Crippen molar-refractivity contribution in [3.63, 3.8) is 0 Å². The molecule has 3 nitrogen and oxygen atoms in total. The van der Waals surface area contributed by atoms with Gasteiger partial charge in [0.2, 0.25) is 0 Å². The predicted molar refractivity (Wildman–Crippen MR) is 294 cm³/mol. The van der Waals surface area contributed by atoms with Crippen LogP contribution in [0.3, 0.4) is 0 Å². The van der Waals surface area contributed by atoms with Crippen LogP contribution in [0.2, 0.25) is 0 Å². The first-order chi connectivity index (χ1) is 34.1. The monoisotopic (exact) mass is 883 g/mol. The average Bonchev–Trinajstić information content (AvgIpc) is 3.93. The molecule has 12 aromatic rings.